The summed E-state index contributed by atoms with van der Waals surface area (Å²) in [6, 6.07) is 28.5. The molecule has 4 aromatic rings. The average Bonchev–Trinajstić information content (AvgIpc) is 2.83. The summed E-state index contributed by atoms with van der Waals surface area (Å²) < 4.78 is 0. The summed E-state index contributed by atoms with van der Waals surface area (Å²) in [5.41, 5.74) is 7.19. The number of amides is 1. The van der Waals surface area contributed by atoms with E-state index in [4.69, 9.17) is 11.6 Å². The highest BCUT2D eigenvalue weighted by Gasteiger charge is 2.14. The van der Waals surface area contributed by atoms with E-state index >= 15 is 0 Å². The van der Waals surface area contributed by atoms with E-state index in [9.17, 15) is 4.79 Å². The van der Waals surface area contributed by atoms with Gasteiger partial charge in [-0.05, 0) is 30.7 Å². The molecule has 0 bridgehead atoms. The Bertz CT molecular complexity index is 1170. The van der Waals surface area contributed by atoms with Gasteiger partial charge in [-0.3, -0.25) is 4.79 Å². The maximum absolute atomic E-state index is 12.8. The Morgan fingerprint density at radius 1 is 0.806 bits per heavy atom. The fraction of sp³-hybridized carbons (Fsp3) is 0.0400. The van der Waals surface area contributed by atoms with Crippen LogP contribution in [-0.2, 0) is 0 Å². The van der Waals surface area contributed by atoms with Crippen molar-refractivity contribution in [3.63, 3.8) is 0 Å². The molecule has 3 aromatic carbocycles. The molecule has 0 radical (unpaired) electrons. The Morgan fingerprint density at radius 3 is 1.84 bits per heavy atom. The van der Waals surface area contributed by atoms with Gasteiger partial charge in [-0.15, -0.1) is 0 Å². The van der Waals surface area contributed by atoms with Gasteiger partial charge >= 0.3 is 5.91 Å². The van der Waals surface area contributed by atoms with Gasteiger partial charge in [-0.2, -0.15) is 5.10 Å². The molecule has 0 spiro atoms. The first-order chi connectivity index (χ1) is 15.1. The van der Waals surface area contributed by atoms with Gasteiger partial charge in [0, 0.05) is 16.1 Å². The fourth-order valence-corrected chi connectivity index (χ4v) is 3.13. The second-order valence-corrected chi connectivity index (χ2v) is 7.28. The van der Waals surface area contributed by atoms with Crippen LogP contribution in [0.5, 0.6) is 0 Å². The second-order valence-electron chi connectivity index (χ2n) is 6.84. The number of hydrogen-bond donors (Lipinski definition) is 1. The topological polar surface area (TPSA) is 67.2 Å². The molecule has 6 heteroatoms. The molecule has 0 saturated heterocycles. The van der Waals surface area contributed by atoms with Crippen molar-refractivity contribution in [3.8, 4) is 22.5 Å². The third-order valence-electron chi connectivity index (χ3n) is 4.66. The van der Waals surface area contributed by atoms with E-state index in [1.165, 1.54) is 0 Å². The Morgan fingerprint density at radius 2 is 1.32 bits per heavy atom. The van der Waals surface area contributed by atoms with Crippen LogP contribution in [0.4, 0.5) is 0 Å². The molecule has 1 N–H and O–H groups in total. The quantitative estimate of drug-likeness (QED) is 0.332. The van der Waals surface area contributed by atoms with Crippen molar-refractivity contribution in [1.29, 1.82) is 0 Å². The summed E-state index contributed by atoms with van der Waals surface area (Å²) in [5.74, 6) is -0.434. The van der Waals surface area contributed by atoms with Crippen molar-refractivity contribution in [2.45, 2.75) is 6.92 Å². The predicted octanol–water partition coefficient (Wildman–Crippen LogP) is 5.62. The van der Waals surface area contributed by atoms with Crippen molar-refractivity contribution < 1.29 is 4.79 Å². The summed E-state index contributed by atoms with van der Waals surface area (Å²) in [4.78, 5) is 21.8. The lowest BCUT2D eigenvalue weighted by atomic mass is 10.1. The number of nitrogens with zero attached hydrogens (tertiary/aromatic N) is 3. The molecule has 0 fully saturated rings. The lowest BCUT2D eigenvalue weighted by molar-refractivity contribution is 0.0944. The normalized spacial score (nSPS) is 11.2. The zero-order chi connectivity index (χ0) is 21.6. The highest BCUT2D eigenvalue weighted by molar-refractivity contribution is 6.30. The number of carbonyl (C=O) groups is 1. The van der Waals surface area contributed by atoms with Crippen molar-refractivity contribution >= 4 is 23.2 Å². The van der Waals surface area contributed by atoms with E-state index in [1.807, 2.05) is 78.9 Å². The van der Waals surface area contributed by atoms with Gasteiger partial charge in [-0.1, -0.05) is 84.4 Å². The van der Waals surface area contributed by atoms with Gasteiger partial charge < -0.3 is 0 Å². The van der Waals surface area contributed by atoms with Crippen molar-refractivity contribution in [2.24, 2.45) is 5.10 Å². The molecule has 152 valence electrons. The minimum atomic E-state index is -0.483. The molecule has 0 saturated carbocycles. The summed E-state index contributed by atoms with van der Waals surface area (Å²) in [6.45, 7) is 1.81. The maximum Gasteiger partial charge on any atom is 0.309 e. The SMILES string of the molecule is CC(=NNC(=O)c1nc(-c2ccccc2)cc(-c2ccccc2)n1)c1ccc(Cl)cc1. The number of hydrazone groups is 1. The van der Waals surface area contributed by atoms with Gasteiger partial charge in [0.1, 0.15) is 0 Å². The van der Waals surface area contributed by atoms with E-state index in [-0.39, 0.29) is 5.82 Å². The average molecular weight is 427 g/mol. The molecule has 0 aliphatic heterocycles. The Kier molecular flexibility index (Phi) is 6.15. The summed E-state index contributed by atoms with van der Waals surface area (Å²) in [5, 5.41) is 4.84. The van der Waals surface area contributed by atoms with Crippen molar-refractivity contribution in [2.75, 3.05) is 0 Å². The third-order valence-corrected chi connectivity index (χ3v) is 4.91. The molecular formula is C25H19ClN4O. The summed E-state index contributed by atoms with van der Waals surface area (Å²) in [7, 11) is 0. The van der Waals surface area contributed by atoms with E-state index in [0.29, 0.717) is 22.1 Å². The number of carbonyl (C=O) groups excluding carboxylic acids is 1. The minimum Gasteiger partial charge on any atom is -0.264 e. The minimum absolute atomic E-state index is 0.0489. The second kappa shape index (κ2) is 9.32. The number of rotatable bonds is 5. The molecule has 5 nitrogen and oxygen atoms in total. The molecule has 1 aromatic heterocycles. The van der Waals surface area contributed by atoms with Gasteiger partial charge in [-0.25, -0.2) is 15.4 Å². The zero-order valence-corrected chi connectivity index (χ0v) is 17.5. The van der Waals surface area contributed by atoms with Crippen molar-refractivity contribution in [1.82, 2.24) is 15.4 Å². The third kappa shape index (κ3) is 5.02. The van der Waals surface area contributed by atoms with Crippen LogP contribution >= 0.6 is 11.6 Å². The predicted molar refractivity (Wildman–Crippen MR) is 124 cm³/mol. The van der Waals surface area contributed by atoms with Gasteiger partial charge in [0.25, 0.3) is 0 Å². The molecular weight excluding hydrogens is 408 g/mol. The van der Waals surface area contributed by atoms with Crippen LogP contribution in [0.2, 0.25) is 5.02 Å². The summed E-state index contributed by atoms with van der Waals surface area (Å²) in [6.07, 6.45) is 0. The first kappa shape index (κ1) is 20.4. The molecule has 0 aliphatic carbocycles. The fourth-order valence-electron chi connectivity index (χ4n) is 3.00. The monoisotopic (exact) mass is 426 g/mol. The largest absolute Gasteiger partial charge is 0.309 e. The highest BCUT2D eigenvalue weighted by atomic mass is 35.5. The molecule has 31 heavy (non-hydrogen) atoms. The van der Waals surface area contributed by atoms with Crippen LogP contribution in [0.25, 0.3) is 22.5 Å². The number of nitrogens with one attached hydrogen (secondary N) is 1. The van der Waals surface area contributed by atoms with E-state index < -0.39 is 5.91 Å². The molecule has 1 amide bonds. The van der Waals surface area contributed by atoms with E-state index in [2.05, 4.69) is 20.5 Å². The standard InChI is InChI=1S/C25H19ClN4O/c1-17(18-12-14-21(26)15-13-18)29-30-25(31)24-27-22(19-8-4-2-5-9-19)16-23(28-24)20-10-6-3-7-11-20/h2-16H,1H3,(H,30,31). The Balaban J connectivity index is 1.67. The number of benzene rings is 3. The van der Waals surface area contributed by atoms with Crippen LogP contribution in [0.1, 0.15) is 23.1 Å². The maximum atomic E-state index is 12.8. The number of hydrogen-bond acceptors (Lipinski definition) is 4. The molecule has 0 atom stereocenters. The van der Waals surface area contributed by atoms with E-state index in [1.54, 1.807) is 19.1 Å². The first-order valence-corrected chi connectivity index (χ1v) is 10.1. The summed E-state index contributed by atoms with van der Waals surface area (Å²) >= 11 is 5.93. The van der Waals surface area contributed by atoms with Crippen molar-refractivity contribution in [3.05, 3.63) is 107 Å². The molecule has 4 rings (SSSR count). The number of halogens is 1. The van der Waals surface area contributed by atoms with Crippen LogP contribution in [0.3, 0.4) is 0 Å². The highest BCUT2D eigenvalue weighted by Crippen LogP contribution is 2.23. The van der Waals surface area contributed by atoms with Gasteiger partial charge in [0.15, 0.2) is 0 Å². The van der Waals surface area contributed by atoms with Gasteiger partial charge in [0.05, 0.1) is 17.1 Å². The van der Waals surface area contributed by atoms with Crippen LogP contribution in [-0.4, -0.2) is 21.6 Å². The lowest BCUT2D eigenvalue weighted by Gasteiger charge is -2.08. The lowest BCUT2D eigenvalue weighted by Crippen LogP contribution is -2.22. The first-order valence-electron chi connectivity index (χ1n) is 9.70. The van der Waals surface area contributed by atoms with Crippen LogP contribution in [0.15, 0.2) is 96.1 Å². The Labute approximate surface area is 185 Å². The molecule has 0 unspecified atom stereocenters. The zero-order valence-electron chi connectivity index (χ0n) is 16.8. The van der Waals surface area contributed by atoms with Crippen LogP contribution in [0, 0.1) is 0 Å². The van der Waals surface area contributed by atoms with E-state index in [0.717, 1.165) is 16.7 Å². The van der Waals surface area contributed by atoms with Crippen LogP contribution < -0.4 is 5.43 Å². The Hall–Kier alpha value is -3.83. The number of aromatic nitrogens is 2. The molecule has 0 aliphatic rings. The molecule has 1 heterocycles. The van der Waals surface area contributed by atoms with Gasteiger partial charge in [0.2, 0.25) is 5.82 Å². The smallest absolute Gasteiger partial charge is 0.264 e.